The highest BCUT2D eigenvalue weighted by molar-refractivity contribution is 4.89. The molecule has 19 heavy (non-hydrogen) atoms. The zero-order valence-corrected chi connectivity index (χ0v) is 12.1. The summed E-state index contributed by atoms with van der Waals surface area (Å²) in [7, 11) is 2.04. The molecule has 1 saturated carbocycles. The second kappa shape index (κ2) is 6.04. The van der Waals surface area contributed by atoms with E-state index in [1.165, 1.54) is 57.9 Å². The number of likely N-dealkylation sites (tertiary alicyclic amines) is 1. The van der Waals surface area contributed by atoms with Gasteiger partial charge in [-0.2, -0.15) is 0 Å². The van der Waals surface area contributed by atoms with Gasteiger partial charge < -0.3 is 4.57 Å². The Morgan fingerprint density at radius 2 is 2.00 bits per heavy atom. The first-order valence-electron chi connectivity index (χ1n) is 7.90. The van der Waals surface area contributed by atoms with Gasteiger partial charge in [0.15, 0.2) is 0 Å². The first kappa shape index (κ1) is 13.1. The molecule has 1 aromatic rings. The monoisotopic (exact) mass is 262 g/mol. The Balaban J connectivity index is 1.56. The Hall–Kier alpha value is -0.900. The smallest absolute Gasteiger partial charge is 0.146 e. The molecule has 3 rings (SSSR count). The standard InChI is InChI=1S/C15H26N4/c1-18-12-16-17-15(18)11-19-9-5-8-14(19)10-13-6-3-2-4-7-13/h12-14H,2-11H2,1H3/t14-/m1/s1. The van der Waals surface area contributed by atoms with Crippen molar-refractivity contribution >= 4 is 0 Å². The van der Waals surface area contributed by atoms with Crippen LogP contribution in [0.2, 0.25) is 0 Å². The average Bonchev–Trinajstić information content (AvgIpc) is 3.02. The summed E-state index contributed by atoms with van der Waals surface area (Å²) in [6.07, 6.45) is 13.3. The van der Waals surface area contributed by atoms with Crippen molar-refractivity contribution in [3.05, 3.63) is 12.2 Å². The van der Waals surface area contributed by atoms with Crippen LogP contribution in [0.4, 0.5) is 0 Å². The molecule has 0 aromatic carbocycles. The van der Waals surface area contributed by atoms with Crippen LogP contribution in [-0.2, 0) is 13.6 Å². The molecular formula is C15H26N4. The first-order chi connectivity index (χ1) is 9.33. The second-order valence-corrected chi connectivity index (χ2v) is 6.36. The van der Waals surface area contributed by atoms with Crippen LogP contribution >= 0.6 is 0 Å². The Kier molecular flexibility index (Phi) is 4.16. The van der Waals surface area contributed by atoms with Gasteiger partial charge in [0.2, 0.25) is 0 Å². The maximum absolute atomic E-state index is 4.23. The van der Waals surface area contributed by atoms with Crippen LogP contribution < -0.4 is 0 Å². The van der Waals surface area contributed by atoms with Crippen molar-refractivity contribution < 1.29 is 0 Å². The number of nitrogens with zero attached hydrogens (tertiary/aromatic N) is 4. The van der Waals surface area contributed by atoms with Gasteiger partial charge in [-0.05, 0) is 31.7 Å². The SMILES string of the molecule is Cn1cnnc1CN1CCC[C@@H]1CC1CCCCC1. The molecule has 0 bridgehead atoms. The van der Waals surface area contributed by atoms with E-state index in [2.05, 4.69) is 19.7 Å². The Labute approximate surface area is 116 Å². The lowest BCUT2D eigenvalue weighted by atomic mass is 9.84. The summed E-state index contributed by atoms with van der Waals surface area (Å²) in [5.74, 6) is 2.09. The summed E-state index contributed by atoms with van der Waals surface area (Å²) in [6, 6.07) is 0.791. The van der Waals surface area contributed by atoms with Crippen LogP contribution in [0.3, 0.4) is 0 Å². The lowest BCUT2D eigenvalue weighted by Crippen LogP contribution is -2.32. The fourth-order valence-electron chi connectivity index (χ4n) is 3.81. The molecular weight excluding hydrogens is 236 g/mol. The van der Waals surface area contributed by atoms with Crippen LogP contribution in [0.25, 0.3) is 0 Å². The van der Waals surface area contributed by atoms with Gasteiger partial charge in [-0.3, -0.25) is 4.90 Å². The first-order valence-corrected chi connectivity index (χ1v) is 7.90. The molecule has 2 aliphatic rings. The number of hydrogen-bond acceptors (Lipinski definition) is 3. The molecule has 4 nitrogen and oxygen atoms in total. The molecule has 1 saturated heterocycles. The van der Waals surface area contributed by atoms with Gasteiger partial charge in [0.05, 0.1) is 6.54 Å². The van der Waals surface area contributed by atoms with Crippen molar-refractivity contribution in [1.29, 1.82) is 0 Å². The Bertz CT molecular complexity index is 395. The van der Waals surface area contributed by atoms with Gasteiger partial charge in [0.1, 0.15) is 12.2 Å². The summed E-state index contributed by atoms with van der Waals surface area (Å²) in [5, 5.41) is 8.22. The van der Waals surface area contributed by atoms with E-state index >= 15 is 0 Å². The molecule has 2 heterocycles. The number of hydrogen-bond donors (Lipinski definition) is 0. The van der Waals surface area contributed by atoms with Crippen molar-refractivity contribution in [2.45, 2.75) is 64.0 Å². The summed E-state index contributed by atoms with van der Waals surface area (Å²) < 4.78 is 2.05. The van der Waals surface area contributed by atoms with Crippen LogP contribution in [0.5, 0.6) is 0 Å². The van der Waals surface area contributed by atoms with Crippen molar-refractivity contribution in [3.8, 4) is 0 Å². The van der Waals surface area contributed by atoms with Crippen molar-refractivity contribution in [2.75, 3.05) is 6.54 Å². The van der Waals surface area contributed by atoms with E-state index in [0.717, 1.165) is 24.3 Å². The van der Waals surface area contributed by atoms with E-state index in [1.807, 2.05) is 13.4 Å². The van der Waals surface area contributed by atoms with E-state index in [0.29, 0.717) is 0 Å². The van der Waals surface area contributed by atoms with Gasteiger partial charge in [0.25, 0.3) is 0 Å². The predicted octanol–water partition coefficient (Wildman–Crippen LogP) is 2.75. The van der Waals surface area contributed by atoms with Crippen LogP contribution in [0.15, 0.2) is 6.33 Å². The number of aryl methyl sites for hydroxylation is 1. The van der Waals surface area contributed by atoms with E-state index in [1.54, 1.807) is 0 Å². The average molecular weight is 262 g/mol. The third-order valence-electron chi connectivity index (χ3n) is 4.98. The normalized spacial score (nSPS) is 26.1. The van der Waals surface area contributed by atoms with Crippen LogP contribution in [0, 0.1) is 5.92 Å². The van der Waals surface area contributed by atoms with Gasteiger partial charge in [-0.25, -0.2) is 0 Å². The maximum atomic E-state index is 4.23. The lowest BCUT2D eigenvalue weighted by Gasteiger charge is -2.29. The summed E-state index contributed by atoms with van der Waals surface area (Å²) >= 11 is 0. The predicted molar refractivity (Wildman–Crippen MR) is 75.6 cm³/mol. The third-order valence-corrected chi connectivity index (χ3v) is 4.98. The highest BCUT2D eigenvalue weighted by Gasteiger charge is 2.28. The molecule has 0 N–H and O–H groups in total. The van der Waals surface area contributed by atoms with Gasteiger partial charge in [-0.1, -0.05) is 32.1 Å². The Morgan fingerprint density at radius 3 is 2.74 bits per heavy atom. The Morgan fingerprint density at radius 1 is 1.16 bits per heavy atom. The maximum Gasteiger partial charge on any atom is 0.146 e. The van der Waals surface area contributed by atoms with Gasteiger partial charge >= 0.3 is 0 Å². The van der Waals surface area contributed by atoms with E-state index < -0.39 is 0 Å². The molecule has 0 amide bonds. The van der Waals surface area contributed by atoms with Crippen molar-refractivity contribution in [1.82, 2.24) is 19.7 Å². The third kappa shape index (κ3) is 3.16. The van der Waals surface area contributed by atoms with E-state index in [9.17, 15) is 0 Å². The molecule has 106 valence electrons. The quantitative estimate of drug-likeness (QED) is 0.836. The fourth-order valence-corrected chi connectivity index (χ4v) is 3.81. The largest absolute Gasteiger partial charge is 0.320 e. The fraction of sp³-hybridized carbons (Fsp3) is 0.867. The highest BCUT2D eigenvalue weighted by Crippen LogP contribution is 2.32. The lowest BCUT2D eigenvalue weighted by molar-refractivity contribution is 0.187. The topological polar surface area (TPSA) is 34.0 Å². The molecule has 0 radical (unpaired) electrons. The zero-order chi connectivity index (χ0) is 13.1. The summed E-state index contributed by atoms with van der Waals surface area (Å²) in [6.45, 7) is 2.22. The second-order valence-electron chi connectivity index (χ2n) is 6.36. The molecule has 1 aliphatic heterocycles. The van der Waals surface area contributed by atoms with E-state index in [-0.39, 0.29) is 0 Å². The van der Waals surface area contributed by atoms with Crippen molar-refractivity contribution in [2.24, 2.45) is 13.0 Å². The summed E-state index contributed by atoms with van der Waals surface area (Å²) in [4.78, 5) is 2.64. The van der Waals surface area contributed by atoms with Gasteiger partial charge in [-0.15, -0.1) is 10.2 Å². The van der Waals surface area contributed by atoms with E-state index in [4.69, 9.17) is 0 Å². The summed E-state index contributed by atoms with van der Waals surface area (Å²) in [5.41, 5.74) is 0. The van der Waals surface area contributed by atoms with Crippen LogP contribution in [-0.4, -0.2) is 32.3 Å². The molecule has 0 unspecified atom stereocenters. The number of aromatic nitrogens is 3. The number of rotatable bonds is 4. The highest BCUT2D eigenvalue weighted by atomic mass is 15.3. The minimum atomic E-state index is 0.791. The van der Waals surface area contributed by atoms with Crippen LogP contribution in [0.1, 0.15) is 57.2 Å². The van der Waals surface area contributed by atoms with Gasteiger partial charge in [0, 0.05) is 13.1 Å². The molecule has 1 aromatic heterocycles. The molecule has 0 spiro atoms. The zero-order valence-electron chi connectivity index (χ0n) is 12.1. The molecule has 4 heteroatoms. The molecule has 2 fully saturated rings. The minimum Gasteiger partial charge on any atom is -0.320 e. The molecule has 1 aliphatic carbocycles. The molecule has 1 atom stereocenters. The van der Waals surface area contributed by atoms with Crippen molar-refractivity contribution in [3.63, 3.8) is 0 Å². The minimum absolute atomic E-state index is 0.791.